The standard InChI is InChI=1S/C15H22N2OS/c1-10-7-8-13(19)9-14(10)15(18)16-17-11(2)5-4-6-12(17)3/h7-9,11-12,19H,4-6H2,1-3H3,(H,16,18). The molecule has 0 bridgehead atoms. The highest BCUT2D eigenvalue weighted by Gasteiger charge is 2.26. The topological polar surface area (TPSA) is 32.3 Å². The van der Waals surface area contributed by atoms with Gasteiger partial charge in [-0.25, -0.2) is 5.01 Å². The molecule has 1 amide bonds. The largest absolute Gasteiger partial charge is 0.284 e. The number of amides is 1. The van der Waals surface area contributed by atoms with Crippen LogP contribution in [0.2, 0.25) is 0 Å². The Hall–Kier alpha value is -1.00. The maximum Gasteiger partial charge on any atom is 0.265 e. The summed E-state index contributed by atoms with van der Waals surface area (Å²) in [5.41, 5.74) is 4.75. The Morgan fingerprint density at radius 3 is 2.58 bits per heavy atom. The van der Waals surface area contributed by atoms with Gasteiger partial charge in [-0.3, -0.25) is 10.2 Å². The van der Waals surface area contributed by atoms with Gasteiger partial charge in [0.05, 0.1) is 0 Å². The Kier molecular flexibility index (Phi) is 4.53. The molecule has 104 valence electrons. The Bertz CT molecular complexity index is 465. The van der Waals surface area contributed by atoms with Crippen LogP contribution < -0.4 is 5.43 Å². The number of piperidine rings is 1. The molecule has 1 aliphatic rings. The van der Waals surface area contributed by atoms with Crippen LogP contribution in [-0.2, 0) is 0 Å². The van der Waals surface area contributed by atoms with Gasteiger partial charge >= 0.3 is 0 Å². The van der Waals surface area contributed by atoms with E-state index in [4.69, 9.17) is 0 Å². The van der Waals surface area contributed by atoms with Gasteiger partial charge in [-0.05, 0) is 51.3 Å². The molecule has 1 aliphatic heterocycles. The molecule has 1 aromatic rings. The van der Waals surface area contributed by atoms with E-state index in [0.29, 0.717) is 17.6 Å². The fourth-order valence-corrected chi connectivity index (χ4v) is 2.88. The van der Waals surface area contributed by atoms with Gasteiger partial charge in [-0.1, -0.05) is 12.5 Å². The van der Waals surface area contributed by atoms with Crippen molar-refractivity contribution >= 4 is 18.5 Å². The van der Waals surface area contributed by atoms with Gasteiger partial charge in [0.2, 0.25) is 0 Å². The molecule has 2 unspecified atom stereocenters. The highest BCUT2D eigenvalue weighted by molar-refractivity contribution is 7.80. The average molecular weight is 278 g/mol. The number of rotatable bonds is 2. The summed E-state index contributed by atoms with van der Waals surface area (Å²) < 4.78 is 0. The summed E-state index contributed by atoms with van der Waals surface area (Å²) >= 11 is 4.30. The van der Waals surface area contributed by atoms with Gasteiger partial charge < -0.3 is 0 Å². The molecule has 1 aromatic carbocycles. The normalized spacial score (nSPS) is 24.2. The number of benzene rings is 1. The molecule has 0 radical (unpaired) electrons. The minimum atomic E-state index is -0.0333. The lowest BCUT2D eigenvalue weighted by Gasteiger charge is -2.38. The van der Waals surface area contributed by atoms with Crippen LogP contribution in [-0.4, -0.2) is 23.0 Å². The molecule has 4 heteroatoms. The minimum Gasteiger partial charge on any atom is -0.284 e. The number of nitrogens with one attached hydrogen (secondary N) is 1. The maximum absolute atomic E-state index is 12.4. The molecule has 3 nitrogen and oxygen atoms in total. The summed E-state index contributed by atoms with van der Waals surface area (Å²) in [4.78, 5) is 13.2. The van der Waals surface area contributed by atoms with Crippen LogP contribution in [0.1, 0.15) is 49.0 Å². The predicted molar refractivity (Wildman–Crippen MR) is 80.5 cm³/mol. The zero-order valence-electron chi connectivity index (χ0n) is 11.8. The first kappa shape index (κ1) is 14.4. The lowest BCUT2D eigenvalue weighted by Crippen LogP contribution is -2.54. The van der Waals surface area contributed by atoms with Gasteiger partial charge in [0.1, 0.15) is 0 Å². The van der Waals surface area contributed by atoms with Crippen molar-refractivity contribution in [3.8, 4) is 0 Å². The van der Waals surface area contributed by atoms with E-state index in [1.165, 1.54) is 6.42 Å². The van der Waals surface area contributed by atoms with Crippen LogP contribution in [0, 0.1) is 6.92 Å². The van der Waals surface area contributed by atoms with E-state index in [1.54, 1.807) is 0 Å². The number of hydrazine groups is 1. The van der Waals surface area contributed by atoms with Crippen molar-refractivity contribution in [2.24, 2.45) is 0 Å². The number of hydrogen-bond acceptors (Lipinski definition) is 3. The molecule has 0 spiro atoms. The third-order valence-corrected chi connectivity index (χ3v) is 4.17. The van der Waals surface area contributed by atoms with Gasteiger partial charge in [0.15, 0.2) is 0 Å². The number of nitrogens with zero attached hydrogens (tertiary/aromatic N) is 1. The maximum atomic E-state index is 12.4. The van der Waals surface area contributed by atoms with Crippen LogP contribution in [0.5, 0.6) is 0 Å². The zero-order valence-corrected chi connectivity index (χ0v) is 12.7. The third-order valence-electron chi connectivity index (χ3n) is 3.89. The van der Waals surface area contributed by atoms with Gasteiger partial charge in [0.25, 0.3) is 5.91 Å². The molecule has 19 heavy (non-hydrogen) atoms. The molecule has 2 atom stereocenters. The molecule has 0 aromatic heterocycles. The monoisotopic (exact) mass is 278 g/mol. The summed E-state index contributed by atoms with van der Waals surface area (Å²) in [6.07, 6.45) is 3.51. The van der Waals surface area contributed by atoms with Gasteiger partial charge in [0, 0.05) is 22.5 Å². The van der Waals surface area contributed by atoms with Crippen LogP contribution in [0.15, 0.2) is 23.1 Å². The molecule has 2 rings (SSSR count). The Morgan fingerprint density at radius 2 is 1.95 bits per heavy atom. The fourth-order valence-electron chi connectivity index (χ4n) is 2.67. The van der Waals surface area contributed by atoms with Gasteiger partial charge in [-0.2, -0.15) is 0 Å². The molecule has 0 saturated carbocycles. The minimum absolute atomic E-state index is 0.0333. The van der Waals surface area contributed by atoms with E-state index < -0.39 is 0 Å². The Labute approximate surface area is 120 Å². The number of hydrogen-bond donors (Lipinski definition) is 2. The second kappa shape index (κ2) is 5.97. The summed E-state index contributed by atoms with van der Waals surface area (Å²) in [7, 11) is 0. The summed E-state index contributed by atoms with van der Waals surface area (Å²) in [5.74, 6) is -0.0333. The Morgan fingerprint density at radius 1 is 1.32 bits per heavy atom. The zero-order chi connectivity index (χ0) is 14.0. The molecule has 1 saturated heterocycles. The number of aryl methyl sites for hydroxylation is 1. The van der Waals surface area contributed by atoms with Crippen LogP contribution in [0.4, 0.5) is 0 Å². The summed E-state index contributed by atoms with van der Waals surface area (Å²) in [5, 5.41) is 2.09. The molecular formula is C15H22N2OS. The van der Waals surface area contributed by atoms with Crippen molar-refractivity contribution in [2.45, 2.75) is 57.0 Å². The van der Waals surface area contributed by atoms with Crippen molar-refractivity contribution in [1.82, 2.24) is 10.4 Å². The average Bonchev–Trinajstić information content (AvgIpc) is 2.37. The number of carbonyl (C=O) groups excluding carboxylic acids is 1. The van der Waals surface area contributed by atoms with Crippen LogP contribution in [0.25, 0.3) is 0 Å². The third kappa shape index (κ3) is 3.31. The first-order chi connectivity index (χ1) is 8.99. The van der Waals surface area contributed by atoms with E-state index in [2.05, 4.69) is 36.9 Å². The molecule has 0 aliphatic carbocycles. The highest BCUT2D eigenvalue weighted by atomic mass is 32.1. The molecule has 1 N–H and O–H groups in total. The Balaban J connectivity index is 2.14. The second-order valence-corrected chi connectivity index (χ2v) is 5.99. The first-order valence-corrected chi connectivity index (χ1v) is 7.32. The van der Waals surface area contributed by atoms with Crippen LogP contribution in [0.3, 0.4) is 0 Å². The fraction of sp³-hybridized carbons (Fsp3) is 0.533. The predicted octanol–water partition coefficient (Wildman–Crippen LogP) is 3.19. The van der Waals surface area contributed by atoms with Crippen molar-refractivity contribution < 1.29 is 4.79 Å². The van der Waals surface area contributed by atoms with Crippen LogP contribution >= 0.6 is 12.6 Å². The quantitative estimate of drug-likeness (QED) is 0.814. The molecular weight excluding hydrogens is 256 g/mol. The lowest BCUT2D eigenvalue weighted by molar-refractivity contribution is 0.0369. The first-order valence-electron chi connectivity index (χ1n) is 6.88. The SMILES string of the molecule is Cc1ccc(S)cc1C(=O)NN1C(C)CCCC1C. The van der Waals surface area contributed by atoms with E-state index in [9.17, 15) is 4.79 Å². The van der Waals surface area contributed by atoms with Crippen molar-refractivity contribution in [1.29, 1.82) is 0 Å². The van der Waals surface area contributed by atoms with E-state index in [-0.39, 0.29) is 5.91 Å². The molecule has 1 heterocycles. The molecule has 1 fully saturated rings. The lowest BCUT2D eigenvalue weighted by atomic mass is 10.00. The number of thiol groups is 1. The van der Waals surface area contributed by atoms with E-state index >= 15 is 0 Å². The number of carbonyl (C=O) groups is 1. The summed E-state index contributed by atoms with van der Waals surface area (Å²) in [6, 6.07) is 6.45. The van der Waals surface area contributed by atoms with Crippen molar-refractivity contribution in [3.63, 3.8) is 0 Å². The van der Waals surface area contributed by atoms with E-state index in [0.717, 1.165) is 23.3 Å². The smallest absolute Gasteiger partial charge is 0.265 e. The summed E-state index contributed by atoms with van der Waals surface area (Å²) in [6.45, 7) is 6.28. The van der Waals surface area contributed by atoms with Crippen molar-refractivity contribution in [2.75, 3.05) is 0 Å². The second-order valence-electron chi connectivity index (χ2n) is 5.48. The van der Waals surface area contributed by atoms with E-state index in [1.807, 2.05) is 25.1 Å². The van der Waals surface area contributed by atoms with Crippen molar-refractivity contribution in [3.05, 3.63) is 29.3 Å². The highest BCUT2D eigenvalue weighted by Crippen LogP contribution is 2.21. The van der Waals surface area contributed by atoms with Gasteiger partial charge in [-0.15, -0.1) is 12.6 Å².